The minimum absolute atomic E-state index is 0.0320. The highest BCUT2D eigenvalue weighted by atomic mass is 16.3. The molecular weight excluding hydrogens is 276 g/mol. The second-order valence-electron chi connectivity index (χ2n) is 5.91. The van der Waals surface area contributed by atoms with E-state index in [2.05, 4.69) is 10.2 Å². The average molecular weight is 302 g/mol. The van der Waals surface area contributed by atoms with Gasteiger partial charge in [0.2, 0.25) is 5.91 Å². The van der Waals surface area contributed by atoms with E-state index in [1.54, 1.807) is 6.08 Å². The Kier molecular flexibility index (Phi) is 6.62. The van der Waals surface area contributed by atoms with Crippen LogP contribution in [0.4, 0.5) is 0 Å². The lowest BCUT2D eigenvalue weighted by atomic mass is 10.1. The van der Waals surface area contributed by atoms with Crippen LogP contribution < -0.4 is 5.32 Å². The monoisotopic (exact) mass is 302 g/mol. The van der Waals surface area contributed by atoms with Gasteiger partial charge in [-0.3, -0.25) is 4.79 Å². The molecule has 2 N–H and O–H groups in total. The predicted octanol–water partition coefficient (Wildman–Crippen LogP) is 2.05. The minimum Gasteiger partial charge on any atom is -0.393 e. The summed E-state index contributed by atoms with van der Waals surface area (Å²) >= 11 is 0. The van der Waals surface area contributed by atoms with Gasteiger partial charge in [0, 0.05) is 25.7 Å². The predicted molar refractivity (Wildman–Crippen MR) is 89.4 cm³/mol. The first-order valence-electron chi connectivity index (χ1n) is 8.07. The van der Waals surface area contributed by atoms with Crippen LogP contribution in [0.25, 0.3) is 5.57 Å². The fourth-order valence-electron chi connectivity index (χ4n) is 2.69. The van der Waals surface area contributed by atoms with Crippen LogP contribution in [0, 0.1) is 0 Å². The van der Waals surface area contributed by atoms with Crippen molar-refractivity contribution in [2.24, 2.45) is 0 Å². The molecule has 0 bridgehead atoms. The number of hydrogen-bond donors (Lipinski definition) is 2. The summed E-state index contributed by atoms with van der Waals surface area (Å²) in [6.07, 6.45) is 4.21. The van der Waals surface area contributed by atoms with E-state index in [1.807, 2.05) is 37.3 Å². The zero-order valence-corrected chi connectivity index (χ0v) is 13.3. The lowest BCUT2D eigenvalue weighted by Gasteiger charge is -2.29. The Morgan fingerprint density at radius 1 is 1.32 bits per heavy atom. The van der Waals surface area contributed by atoms with Crippen molar-refractivity contribution >= 4 is 11.5 Å². The van der Waals surface area contributed by atoms with Crippen LogP contribution in [0.3, 0.4) is 0 Å². The maximum atomic E-state index is 11.9. The third kappa shape index (κ3) is 5.62. The quantitative estimate of drug-likeness (QED) is 0.625. The molecule has 0 atom stereocenters. The van der Waals surface area contributed by atoms with E-state index in [4.69, 9.17) is 0 Å². The summed E-state index contributed by atoms with van der Waals surface area (Å²) in [5.41, 5.74) is 2.05. The fourth-order valence-corrected chi connectivity index (χ4v) is 2.69. The Morgan fingerprint density at radius 3 is 2.68 bits per heavy atom. The van der Waals surface area contributed by atoms with E-state index in [9.17, 15) is 9.90 Å². The average Bonchev–Trinajstić information content (AvgIpc) is 2.54. The second-order valence-corrected chi connectivity index (χ2v) is 5.91. The first-order valence-corrected chi connectivity index (χ1v) is 8.07. The Labute approximate surface area is 132 Å². The van der Waals surface area contributed by atoms with Crippen LogP contribution in [-0.2, 0) is 4.79 Å². The molecule has 1 aliphatic heterocycles. The molecule has 0 spiro atoms. The van der Waals surface area contributed by atoms with E-state index < -0.39 is 0 Å². The molecule has 0 radical (unpaired) electrons. The van der Waals surface area contributed by atoms with E-state index in [-0.39, 0.29) is 12.0 Å². The molecule has 0 aliphatic carbocycles. The van der Waals surface area contributed by atoms with Gasteiger partial charge in [-0.1, -0.05) is 30.3 Å². The number of benzene rings is 1. The summed E-state index contributed by atoms with van der Waals surface area (Å²) in [5.74, 6) is -0.0320. The molecule has 1 heterocycles. The molecule has 22 heavy (non-hydrogen) atoms. The maximum Gasteiger partial charge on any atom is 0.244 e. The van der Waals surface area contributed by atoms with E-state index in [0.717, 1.165) is 50.0 Å². The van der Waals surface area contributed by atoms with E-state index in [1.165, 1.54) is 0 Å². The maximum absolute atomic E-state index is 11.9. The summed E-state index contributed by atoms with van der Waals surface area (Å²) in [6.45, 7) is 5.54. The molecule has 0 unspecified atom stereocenters. The molecule has 4 nitrogen and oxygen atoms in total. The number of amides is 1. The number of nitrogens with one attached hydrogen (secondary N) is 1. The van der Waals surface area contributed by atoms with Gasteiger partial charge in [0.05, 0.1) is 6.10 Å². The molecular formula is C18H26N2O2. The van der Waals surface area contributed by atoms with Gasteiger partial charge in [-0.25, -0.2) is 0 Å². The van der Waals surface area contributed by atoms with Gasteiger partial charge in [-0.15, -0.1) is 0 Å². The van der Waals surface area contributed by atoms with Crippen LogP contribution in [0.15, 0.2) is 36.4 Å². The van der Waals surface area contributed by atoms with Gasteiger partial charge in [0.1, 0.15) is 0 Å². The summed E-state index contributed by atoms with van der Waals surface area (Å²) in [4.78, 5) is 14.2. The van der Waals surface area contributed by atoms with Crippen molar-refractivity contribution in [3.63, 3.8) is 0 Å². The van der Waals surface area contributed by atoms with Crippen molar-refractivity contribution in [1.29, 1.82) is 0 Å². The third-order valence-electron chi connectivity index (χ3n) is 4.08. The van der Waals surface area contributed by atoms with Gasteiger partial charge in [-0.2, -0.15) is 0 Å². The largest absolute Gasteiger partial charge is 0.393 e. The molecule has 1 amide bonds. The standard InChI is InChI=1S/C18H26N2O2/c1-15(16-6-3-2-4-7-16)14-18(22)19-10-5-11-20-12-8-17(21)9-13-20/h2-4,6-7,14,17,21H,5,8-13H2,1H3,(H,19,22)/b15-14-. The van der Waals surface area contributed by atoms with Gasteiger partial charge < -0.3 is 15.3 Å². The molecule has 2 rings (SSSR count). The number of carbonyl (C=O) groups is 1. The second kappa shape index (κ2) is 8.71. The van der Waals surface area contributed by atoms with Gasteiger partial charge in [0.25, 0.3) is 0 Å². The highest BCUT2D eigenvalue weighted by molar-refractivity contribution is 5.94. The highest BCUT2D eigenvalue weighted by Gasteiger charge is 2.15. The molecule has 120 valence electrons. The number of piperidine rings is 1. The zero-order chi connectivity index (χ0) is 15.8. The summed E-state index contributed by atoms with van der Waals surface area (Å²) in [6, 6.07) is 9.92. The summed E-state index contributed by atoms with van der Waals surface area (Å²) in [5, 5.41) is 12.4. The molecule has 0 saturated carbocycles. The van der Waals surface area contributed by atoms with E-state index >= 15 is 0 Å². The van der Waals surface area contributed by atoms with Crippen molar-refractivity contribution in [1.82, 2.24) is 10.2 Å². The summed E-state index contributed by atoms with van der Waals surface area (Å²) < 4.78 is 0. The Balaban J connectivity index is 1.65. The third-order valence-corrected chi connectivity index (χ3v) is 4.08. The number of aliphatic hydroxyl groups excluding tert-OH is 1. The number of hydrogen-bond acceptors (Lipinski definition) is 3. The van der Waals surface area contributed by atoms with Crippen LogP contribution in [-0.4, -0.2) is 48.2 Å². The highest BCUT2D eigenvalue weighted by Crippen LogP contribution is 2.12. The van der Waals surface area contributed by atoms with Crippen molar-refractivity contribution in [3.05, 3.63) is 42.0 Å². The topological polar surface area (TPSA) is 52.6 Å². The van der Waals surface area contributed by atoms with Crippen molar-refractivity contribution < 1.29 is 9.90 Å². The van der Waals surface area contributed by atoms with Crippen molar-refractivity contribution in [2.45, 2.75) is 32.3 Å². The van der Waals surface area contributed by atoms with E-state index in [0.29, 0.717) is 6.54 Å². The van der Waals surface area contributed by atoms with Gasteiger partial charge >= 0.3 is 0 Å². The lowest BCUT2D eigenvalue weighted by Crippen LogP contribution is -2.37. The fraction of sp³-hybridized carbons (Fsp3) is 0.500. The Hall–Kier alpha value is -1.65. The molecule has 1 fully saturated rings. The molecule has 4 heteroatoms. The first-order chi connectivity index (χ1) is 10.6. The lowest BCUT2D eigenvalue weighted by molar-refractivity contribution is -0.116. The van der Waals surface area contributed by atoms with Crippen molar-refractivity contribution in [2.75, 3.05) is 26.2 Å². The van der Waals surface area contributed by atoms with Crippen LogP contribution in [0.5, 0.6) is 0 Å². The number of aliphatic hydroxyl groups is 1. The van der Waals surface area contributed by atoms with Crippen LogP contribution in [0.2, 0.25) is 0 Å². The Bertz CT molecular complexity index is 491. The number of likely N-dealkylation sites (tertiary alicyclic amines) is 1. The first kappa shape index (κ1) is 16.7. The number of allylic oxidation sites excluding steroid dienone is 1. The van der Waals surface area contributed by atoms with Crippen molar-refractivity contribution in [3.8, 4) is 0 Å². The van der Waals surface area contributed by atoms with Crippen LogP contribution >= 0.6 is 0 Å². The van der Waals surface area contributed by atoms with Gasteiger partial charge in [-0.05, 0) is 43.9 Å². The molecule has 1 saturated heterocycles. The summed E-state index contributed by atoms with van der Waals surface area (Å²) in [7, 11) is 0. The Morgan fingerprint density at radius 2 is 2.00 bits per heavy atom. The molecule has 1 aromatic rings. The van der Waals surface area contributed by atoms with Crippen LogP contribution in [0.1, 0.15) is 31.7 Å². The minimum atomic E-state index is -0.123. The number of carbonyl (C=O) groups excluding carboxylic acids is 1. The normalized spacial score (nSPS) is 17.5. The van der Waals surface area contributed by atoms with Gasteiger partial charge in [0.15, 0.2) is 0 Å². The molecule has 1 aliphatic rings. The number of rotatable bonds is 6. The zero-order valence-electron chi connectivity index (χ0n) is 13.3. The SMILES string of the molecule is C/C(=C/C(=O)NCCCN1CCC(O)CC1)c1ccccc1. The smallest absolute Gasteiger partial charge is 0.244 e. The molecule has 0 aromatic heterocycles. The number of nitrogens with zero attached hydrogens (tertiary/aromatic N) is 1. The molecule has 1 aromatic carbocycles.